The summed E-state index contributed by atoms with van der Waals surface area (Å²) in [5.74, 6) is -0.445. The molecule has 0 saturated carbocycles. The SMILES string of the molecule is CCCn1c(-c2ccc(Cl)cc2)c(C)c2cc(OC(C)(C)C(=O)O)ccc21. The van der Waals surface area contributed by atoms with Crippen LogP contribution in [-0.2, 0) is 11.3 Å². The van der Waals surface area contributed by atoms with Crippen LogP contribution in [0.25, 0.3) is 22.2 Å². The molecule has 4 nitrogen and oxygen atoms in total. The summed E-state index contributed by atoms with van der Waals surface area (Å²) in [6, 6.07) is 13.6. The first kappa shape index (κ1) is 19.3. The lowest BCUT2D eigenvalue weighted by molar-refractivity contribution is -0.152. The Morgan fingerprint density at radius 3 is 2.44 bits per heavy atom. The molecule has 0 unspecified atom stereocenters. The van der Waals surface area contributed by atoms with Crippen LogP contribution in [0.5, 0.6) is 5.75 Å². The molecule has 0 aliphatic carbocycles. The molecular weight excluding hydrogens is 362 g/mol. The predicted molar refractivity (Wildman–Crippen MR) is 110 cm³/mol. The summed E-state index contributed by atoms with van der Waals surface area (Å²) < 4.78 is 8.04. The highest BCUT2D eigenvalue weighted by atomic mass is 35.5. The van der Waals surface area contributed by atoms with Crippen molar-refractivity contribution in [3.8, 4) is 17.0 Å². The Bertz CT molecular complexity index is 987. The van der Waals surface area contributed by atoms with Crippen molar-refractivity contribution in [1.29, 1.82) is 0 Å². The fraction of sp³-hybridized carbons (Fsp3) is 0.318. The van der Waals surface area contributed by atoms with Crippen LogP contribution in [0.3, 0.4) is 0 Å². The molecule has 0 fully saturated rings. The highest BCUT2D eigenvalue weighted by Crippen LogP contribution is 2.36. The molecule has 0 saturated heterocycles. The third-order valence-corrected chi connectivity index (χ3v) is 4.99. The van der Waals surface area contributed by atoms with Gasteiger partial charge in [-0.15, -0.1) is 0 Å². The largest absolute Gasteiger partial charge is 0.478 e. The molecule has 3 rings (SSSR count). The van der Waals surface area contributed by atoms with E-state index in [1.807, 2.05) is 42.5 Å². The Hall–Kier alpha value is -2.46. The van der Waals surface area contributed by atoms with Gasteiger partial charge in [0.05, 0.1) is 5.69 Å². The first-order valence-electron chi connectivity index (χ1n) is 9.05. The lowest BCUT2D eigenvalue weighted by Crippen LogP contribution is -2.37. The Morgan fingerprint density at radius 2 is 1.85 bits per heavy atom. The van der Waals surface area contributed by atoms with E-state index in [9.17, 15) is 9.90 Å². The minimum absolute atomic E-state index is 0.550. The highest BCUT2D eigenvalue weighted by Gasteiger charge is 2.29. The van der Waals surface area contributed by atoms with Crippen molar-refractivity contribution in [3.63, 3.8) is 0 Å². The number of aryl methyl sites for hydroxylation is 2. The van der Waals surface area contributed by atoms with Crippen molar-refractivity contribution in [1.82, 2.24) is 4.57 Å². The van der Waals surface area contributed by atoms with E-state index >= 15 is 0 Å². The van der Waals surface area contributed by atoms with Gasteiger partial charge in [-0.25, -0.2) is 4.79 Å². The zero-order valence-corrected chi connectivity index (χ0v) is 16.8. The van der Waals surface area contributed by atoms with Gasteiger partial charge in [0.2, 0.25) is 0 Å². The molecule has 142 valence electrons. The van der Waals surface area contributed by atoms with Crippen molar-refractivity contribution in [3.05, 3.63) is 53.1 Å². The van der Waals surface area contributed by atoms with Gasteiger partial charge >= 0.3 is 5.97 Å². The molecule has 1 aromatic heterocycles. The first-order chi connectivity index (χ1) is 12.7. The Morgan fingerprint density at radius 1 is 1.19 bits per heavy atom. The van der Waals surface area contributed by atoms with E-state index in [1.54, 1.807) is 13.8 Å². The molecule has 1 heterocycles. The van der Waals surface area contributed by atoms with E-state index < -0.39 is 11.6 Å². The minimum atomic E-state index is -1.29. The predicted octanol–water partition coefficient (Wildman–Crippen LogP) is 5.92. The monoisotopic (exact) mass is 385 g/mol. The van der Waals surface area contributed by atoms with Gasteiger partial charge < -0.3 is 14.4 Å². The first-order valence-corrected chi connectivity index (χ1v) is 9.43. The number of carbonyl (C=O) groups is 1. The third kappa shape index (κ3) is 3.67. The van der Waals surface area contributed by atoms with E-state index in [2.05, 4.69) is 18.4 Å². The zero-order chi connectivity index (χ0) is 19.8. The molecular formula is C22H24ClNO3. The number of fused-ring (bicyclic) bond motifs is 1. The van der Waals surface area contributed by atoms with E-state index in [-0.39, 0.29) is 0 Å². The second-order valence-corrected chi connectivity index (χ2v) is 7.67. The topological polar surface area (TPSA) is 51.5 Å². The van der Waals surface area contributed by atoms with Crippen LogP contribution in [-0.4, -0.2) is 21.2 Å². The van der Waals surface area contributed by atoms with E-state index in [0.29, 0.717) is 10.8 Å². The molecule has 0 aliphatic heterocycles. The second-order valence-electron chi connectivity index (χ2n) is 7.23. The molecule has 3 aromatic rings. The Labute approximate surface area is 164 Å². The number of ether oxygens (including phenoxy) is 1. The normalized spacial score (nSPS) is 11.7. The number of nitrogens with zero attached hydrogens (tertiary/aromatic N) is 1. The van der Waals surface area contributed by atoms with Crippen molar-refractivity contribution < 1.29 is 14.6 Å². The summed E-state index contributed by atoms with van der Waals surface area (Å²) in [4.78, 5) is 11.4. The number of halogens is 1. The van der Waals surface area contributed by atoms with Gasteiger partial charge in [0.25, 0.3) is 0 Å². The molecule has 1 N–H and O–H groups in total. The molecule has 0 amide bonds. The zero-order valence-electron chi connectivity index (χ0n) is 16.0. The Balaban J connectivity index is 2.16. The lowest BCUT2D eigenvalue weighted by atomic mass is 10.1. The van der Waals surface area contributed by atoms with Gasteiger partial charge in [0.15, 0.2) is 5.60 Å². The number of carboxylic acid groups (broad SMARTS) is 1. The van der Waals surface area contributed by atoms with Crippen LogP contribution in [0.15, 0.2) is 42.5 Å². The van der Waals surface area contributed by atoms with Gasteiger partial charge in [-0.05, 0) is 68.7 Å². The van der Waals surface area contributed by atoms with Crippen LogP contribution >= 0.6 is 11.6 Å². The summed E-state index contributed by atoms with van der Waals surface area (Å²) in [6.45, 7) is 8.23. The summed E-state index contributed by atoms with van der Waals surface area (Å²) in [5, 5.41) is 11.1. The van der Waals surface area contributed by atoms with Gasteiger partial charge in [0.1, 0.15) is 5.75 Å². The molecule has 0 aliphatic rings. The van der Waals surface area contributed by atoms with Gasteiger partial charge in [0, 0.05) is 22.5 Å². The van der Waals surface area contributed by atoms with Gasteiger partial charge in [-0.1, -0.05) is 30.7 Å². The number of carboxylic acids is 1. The van der Waals surface area contributed by atoms with Crippen LogP contribution in [0.1, 0.15) is 32.8 Å². The highest BCUT2D eigenvalue weighted by molar-refractivity contribution is 6.30. The maximum absolute atomic E-state index is 11.4. The number of aliphatic carboxylic acids is 1. The second kappa shape index (κ2) is 7.28. The lowest BCUT2D eigenvalue weighted by Gasteiger charge is -2.21. The van der Waals surface area contributed by atoms with Crippen molar-refractivity contribution in [2.24, 2.45) is 0 Å². The molecule has 0 spiro atoms. The fourth-order valence-corrected chi connectivity index (χ4v) is 3.47. The van der Waals surface area contributed by atoms with Gasteiger partial charge in [-0.2, -0.15) is 0 Å². The quantitative estimate of drug-likeness (QED) is 0.572. The standard InChI is InChI=1S/C22H24ClNO3/c1-5-12-24-19-11-10-17(27-22(3,4)21(25)26)13-18(19)14(2)20(24)15-6-8-16(23)9-7-15/h6-11,13H,5,12H2,1-4H3,(H,25,26). The molecule has 5 heteroatoms. The number of aromatic nitrogens is 1. The minimum Gasteiger partial charge on any atom is -0.478 e. The molecule has 27 heavy (non-hydrogen) atoms. The molecule has 2 aromatic carbocycles. The summed E-state index contributed by atoms with van der Waals surface area (Å²) >= 11 is 6.06. The molecule has 0 bridgehead atoms. The summed E-state index contributed by atoms with van der Waals surface area (Å²) in [7, 11) is 0. The Kier molecular flexibility index (Phi) is 5.20. The maximum Gasteiger partial charge on any atom is 0.347 e. The number of hydrogen-bond donors (Lipinski definition) is 1. The number of benzene rings is 2. The average Bonchev–Trinajstić information content (AvgIpc) is 2.88. The third-order valence-electron chi connectivity index (χ3n) is 4.74. The van der Waals surface area contributed by atoms with Gasteiger partial charge in [-0.3, -0.25) is 0 Å². The van der Waals surface area contributed by atoms with E-state index in [0.717, 1.165) is 40.7 Å². The van der Waals surface area contributed by atoms with E-state index in [1.165, 1.54) is 0 Å². The van der Waals surface area contributed by atoms with E-state index in [4.69, 9.17) is 16.3 Å². The van der Waals surface area contributed by atoms with Crippen molar-refractivity contribution in [2.75, 3.05) is 0 Å². The van der Waals surface area contributed by atoms with Crippen molar-refractivity contribution >= 4 is 28.5 Å². The average molecular weight is 386 g/mol. The van der Waals surface area contributed by atoms with Crippen LogP contribution in [0.2, 0.25) is 5.02 Å². The van der Waals surface area contributed by atoms with Crippen molar-refractivity contribution in [2.45, 2.75) is 46.3 Å². The smallest absolute Gasteiger partial charge is 0.347 e. The summed E-state index contributed by atoms with van der Waals surface area (Å²) in [5.41, 5.74) is 3.22. The number of hydrogen-bond acceptors (Lipinski definition) is 2. The number of rotatable bonds is 6. The summed E-state index contributed by atoms with van der Waals surface area (Å²) in [6.07, 6.45) is 1.01. The van der Waals surface area contributed by atoms with Crippen LogP contribution < -0.4 is 4.74 Å². The molecule has 0 atom stereocenters. The molecule has 0 radical (unpaired) electrons. The fourth-order valence-electron chi connectivity index (χ4n) is 3.34. The van der Waals surface area contributed by atoms with Crippen LogP contribution in [0.4, 0.5) is 0 Å². The maximum atomic E-state index is 11.4. The van der Waals surface area contributed by atoms with Crippen LogP contribution in [0, 0.1) is 6.92 Å².